The highest BCUT2D eigenvalue weighted by molar-refractivity contribution is 7.93. The Balaban J connectivity index is 2.07. The first-order chi connectivity index (χ1) is 13.6. The molecule has 2 atom stereocenters. The van der Waals surface area contributed by atoms with E-state index in [4.69, 9.17) is 19.9 Å². The summed E-state index contributed by atoms with van der Waals surface area (Å²) in [6, 6.07) is 1.39. The number of sulfonamides is 1. The number of nitrogens with one attached hydrogen (secondary N) is 1. The molecule has 14 heteroatoms. The Labute approximate surface area is 168 Å². The highest BCUT2D eigenvalue weighted by Crippen LogP contribution is 2.33. The number of nitrogens with two attached hydrogens (primary N) is 1. The molecule has 1 aromatic rings. The molecule has 0 saturated carbocycles. The maximum absolute atomic E-state index is 13.3. The summed E-state index contributed by atoms with van der Waals surface area (Å²) in [7, 11) is -4.57. The summed E-state index contributed by atoms with van der Waals surface area (Å²) in [6.45, 7) is 2.90. The van der Waals surface area contributed by atoms with Crippen LogP contribution in [0.15, 0.2) is 18.2 Å². The van der Waals surface area contributed by atoms with Gasteiger partial charge in [0.05, 0.1) is 12.2 Å². The van der Waals surface area contributed by atoms with E-state index in [1.54, 1.807) is 4.72 Å². The maximum Gasteiger partial charge on any atom is 0.419 e. The number of benzene rings is 1. The van der Waals surface area contributed by atoms with Gasteiger partial charge >= 0.3 is 12.1 Å². The number of ether oxygens (including phenoxy) is 3. The lowest BCUT2D eigenvalue weighted by Gasteiger charge is -2.22. The molecule has 1 amide bonds. The fourth-order valence-corrected chi connectivity index (χ4v) is 3.47. The minimum atomic E-state index is -5.06. The van der Waals surface area contributed by atoms with Crippen molar-refractivity contribution in [3.05, 3.63) is 29.6 Å². The summed E-state index contributed by atoms with van der Waals surface area (Å²) in [5, 5.41) is 0. The summed E-state index contributed by atoms with van der Waals surface area (Å²) < 4.78 is 92.7. The van der Waals surface area contributed by atoms with Gasteiger partial charge in [0.15, 0.2) is 11.5 Å². The molecule has 2 unspecified atom stereocenters. The zero-order chi connectivity index (χ0) is 22.9. The molecule has 1 heterocycles. The van der Waals surface area contributed by atoms with E-state index in [1.807, 2.05) is 0 Å². The van der Waals surface area contributed by atoms with E-state index in [0.717, 1.165) is 6.07 Å². The monoisotopic (exact) mass is 458 g/mol. The molecule has 0 aliphatic carbocycles. The van der Waals surface area contributed by atoms with Crippen molar-refractivity contribution >= 4 is 27.6 Å². The van der Waals surface area contributed by atoms with Crippen molar-refractivity contribution in [1.29, 1.82) is 0 Å². The highest BCUT2D eigenvalue weighted by Gasteiger charge is 2.42. The molecule has 0 aromatic heterocycles. The molecule has 0 bridgehead atoms. The van der Waals surface area contributed by atoms with Crippen molar-refractivity contribution in [3.8, 4) is 0 Å². The Morgan fingerprint density at radius 3 is 2.50 bits per heavy atom. The fraction of sp³-hybridized carbons (Fsp3) is 0.500. The second kappa shape index (κ2) is 8.35. The average Bonchev–Trinajstić information content (AvgIpc) is 2.92. The number of carbonyl (C=O) groups is 2. The Morgan fingerprint density at radius 2 is 2.00 bits per heavy atom. The van der Waals surface area contributed by atoms with Gasteiger partial charge in [-0.2, -0.15) is 13.2 Å². The van der Waals surface area contributed by atoms with Gasteiger partial charge in [-0.05, 0) is 32.0 Å². The lowest BCUT2D eigenvalue weighted by atomic mass is 10.2. The largest absolute Gasteiger partial charge is 0.449 e. The molecular weight excluding hydrogens is 440 g/mol. The van der Waals surface area contributed by atoms with Gasteiger partial charge in [0.25, 0.3) is 5.91 Å². The standard InChI is InChI=1S/C16H18F4N2O7S/c1-15(2)27-6-11(29-15)13(14(21)24)28-12(23)7-30(25,26)22-8-3-4-10(17)9(5-8)16(18,19)20/h3-5,11,13,22H,6-7H2,1-2H3,(H2,21,24). The van der Waals surface area contributed by atoms with Gasteiger partial charge in [-0.1, -0.05) is 0 Å². The van der Waals surface area contributed by atoms with Crippen LogP contribution < -0.4 is 10.5 Å². The lowest BCUT2D eigenvalue weighted by Crippen LogP contribution is -2.45. The second-order valence-corrected chi connectivity index (χ2v) is 8.46. The van der Waals surface area contributed by atoms with Gasteiger partial charge < -0.3 is 19.9 Å². The molecule has 30 heavy (non-hydrogen) atoms. The van der Waals surface area contributed by atoms with E-state index in [0.29, 0.717) is 6.07 Å². The number of carbonyl (C=O) groups excluding carboxylic acids is 2. The van der Waals surface area contributed by atoms with Crippen LogP contribution in [0.25, 0.3) is 0 Å². The molecule has 2 rings (SSSR count). The Kier molecular flexibility index (Phi) is 6.63. The van der Waals surface area contributed by atoms with Crippen LogP contribution >= 0.6 is 0 Å². The zero-order valence-corrected chi connectivity index (χ0v) is 16.5. The van der Waals surface area contributed by atoms with Gasteiger partial charge in [-0.15, -0.1) is 0 Å². The van der Waals surface area contributed by atoms with Crippen molar-refractivity contribution in [2.24, 2.45) is 5.73 Å². The van der Waals surface area contributed by atoms with Gasteiger partial charge in [0.2, 0.25) is 16.1 Å². The van der Waals surface area contributed by atoms with Crippen LogP contribution in [0.3, 0.4) is 0 Å². The molecule has 1 saturated heterocycles. The number of alkyl halides is 3. The number of amides is 1. The molecular formula is C16H18F4N2O7S. The van der Waals surface area contributed by atoms with Crippen LogP contribution in [-0.4, -0.2) is 50.6 Å². The summed E-state index contributed by atoms with van der Waals surface area (Å²) in [5.41, 5.74) is 2.83. The molecule has 168 valence electrons. The average molecular weight is 458 g/mol. The van der Waals surface area contributed by atoms with Gasteiger partial charge in [-0.3, -0.25) is 14.3 Å². The van der Waals surface area contributed by atoms with E-state index in [9.17, 15) is 35.6 Å². The molecule has 1 aliphatic heterocycles. The second-order valence-electron chi connectivity index (χ2n) is 6.73. The van der Waals surface area contributed by atoms with E-state index in [2.05, 4.69) is 0 Å². The van der Waals surface area contributed by atoms with Crippen molar-refractivity contribution in [2.75, 3.05) is 17.1 Å². The third-order valence-corrected chi connectivity index (χ3v) is 4.92. The molecule has 1 fully saturated rings. The smallest absolute Gasteiger partial charge is 0.419 e. The maximum atomic E-state index is 13.3. The van der Waals surface area contributed by atoms with Crippen LogP contribution in [0.5, 0.6) is 0 Å². The number of hydrogen-bond donors (Lipinski definition) is 2. The first-order valence-corrected chi connectivity index (χ1v) is 9.93. The predicted molar refractivity (Wildman–Crippen MR) is 92.8 cm³/mol. The quantitative estimate of drug-likeness (QED) is 0.462. The summed E-state index contributed by atoms with van der Waals surface area (Å²) in [5.74, 6) is -6.58. The Hall–Kier alpha value is -2.45. The number of primary amides is 1. The van der Waals surface area contributed by atoms with E-state index in [-0.39, 0.29) is 12.7 Å². The SMILES string of the molecule is CC1(C)OCC(C(OC(=O)CS(=O)(=O)Nc2ccc(F)c(C(F)(F)F)c2)C(N)=O)O1. The van der Waals surface area contributed by atoms with Crippen LogP contribution in [-0.2, 0) is 40.0 Å². The molecule has 9 nitrogen and oxygen atoms in total. The minimum absolute atomic E-state index is 0.158. The molecule has 1 aromatic carbocycles. The highest BCUT2D eigenvalue weighted by atomic mass is 32.2. The number of anilines is 1. The first kappa shape index (κ1) is 23.8. The Bertz CT molecular complexity index is 934. The summed E-state index contributed by atoms with van der Waals surface area (Å²) in [6.07, 6.45) is -7.79. The Morgan fingerprint density at radius 1 is 1.37 bits per heavy atom. The minimum Gasteiger partial charge on any atom is -0.449 e. The van der Waals surface area contributed by atoms with Crippen molar-refractivity contribution < 1.29 is 49.8 Å². The molecule has 0 radical (unpaired) electrons. The fourth-order valence-electron chi connectivity index (χ4n) is 2.53. The third kappa shape index (κ3) is 6.27. The normalized spacial score (nSPS) is 19.9. The van der Waals surface area contributed by atoms with Crippen molar-refractivity contribution in [3.63, 3.8) is 0 Å². The van der Waals surface area contributed by atoms with E-state index < -0.39 is 68.9 Å². The van der Waals surface area contributed by atoms with Crippen molar-refractivity contribution in [2.45, 2.75) is 38.0 Å². The predicted octanol–water partition coefficient (Wildman–Crippen LogP) is 1.13. The van der Waals surface area contributed by atoms with Crippen LogP contribution in [0.4, 0.5) is 23.2 Å². The summed E-state index contributed by atoms with van der Waals surface area (Å²) in [4.78, 5) is 23.5. The van der Waals surface area contributed by atoms with Gasteiger partial charge in [-0.25, -0.2) is 12.8 Å². The van der Waals surface area contributed by atoms with Gasteiger partial charge in [0.1, 0.15) is 11.9 Å². The topological polar surface area (TPSA) is 134 Å². The van der Waals surface area contributed by atoms with E-state index in [1.165, 1.54) is 13.8 Å². The molecule has 1 aliphatic rings. The molecule has 3 N–H and O–H groups in total. The third-order valence-electron chi connectivity index (χ3n) is 3.76. The summed E-state index contributed by atoms with van der Waals surface area (Å²) >= 11 is 0. The lowest BCUT2D eigenvalue weighted by molar-refractivity contribution is -0.173. The van der Waals surface area contributed by atoms with Crippen LogP contribution in [0.2, 0.25) is 0 Å². The van der Waals surface area contributed by atoms with Crippen LogP contribution in [0, 0.1) is 5.82 Å². The number of esters is 1. The van der Waals surface area contributed by atoms with Crippen molar-refractivity contribution in [1.82, 2.24) is 0 Å². The van der Waals surface area contributed by atoms with Gasteiger partial charge in [0, 0.05) is 5.69 Å². The first-order valence-electron chi connectivity index (χ1n) is 8.27. The van der Waals surface area contributed by atoms with E-state index >= 15 is 0 Å². The number of halogens is 4. The zero-order valence-electron chi connectivity index (χ0n) is 15.7. The number of rotatable bonds is 7. The molecule has 0 spiro atoms. The van der Waals surface area contributed by atoms with Crippen LogP contribution in [0.1, 0.15) is 19.4 Å². The number of hydrogen-bond acceptors (Lipinski definition) is 7.